The minimum Gasteiger partial charge on any atom is -0.508 e. The minimum atomic E-state index is -0.404. The molecule has 0 aliphatic carbocycles. The van der Waals surface area contributed by atoms with Crippen LogP contribution in [0.3, 0.4) is 0 Å². The normalized spacial score (nSPS) is 11.1. The molecule has 0 radical (unpaired) electrons. The molecular formula is C14H17NO4. The zero-order chi connectivity index (χ0) is 14.2. The molecule has 102 valence electrons. The fourth-order valence-electron chi connectivity index (χ4n) is 2.11. The molecule has 0 amide bonds. The van der Waals surface area contributed by atoms with Crippen LogP contribution in [0.5, 0.6) is 17.5 Å². The summed E-state index contributed by atoms with van der Waals surface area (Å²) in [5, 5.41) is 38.7. The molecule has 1 heterocycles. The van der Waals surface area contributed by atoms with Gasteiger partial charge in [0.2, 0.25) is 11.8 Å². The van der Waals surface area contributed by atoms with E-state index in [1.807, 2.05) is 13.8 Å². The first-order chi connectivity index (χ1) is 8.91. The summed E-state index contributed by atoms with van der Waals surface area (Å²) in [6.07, 6.45) is 0.517. The largest absolute Gasteiger partial charge is 0.508 e. The number of aromatic nitrogens is 1. The van der Waals surface area contributed by atoms with E-state index in [0.717, 1.165) is 0 Å². The van der Waals surface area contributed by atoms with Gasteiger partial charge < -0.3 is 20.5 Å². The van der Waals surface area contributed by atoms with Crippen LogP contribution in [0.15, 0.2) is 24.3 Å². The molecule has 2 rings (SSSR count). The number of hydrogen-bond acceptors (Lipinski definition) is 4. The van der Waals surface area contributed by atoms with Crippen LogP contribution in [0.2, 0.25) is 0 Å². The van der Waals surface area contributed by atoms with Crippen molar-refractivity contribution >= 4 is 0 Å². The summed E-state index contributed by atoms with van der Waals surface area (Å²) in [4.78, 5) is 0. The zero-order valence-corrected chi connectivity index (χ0v) is 10.8. The first-order valence-electron chi connectivity index (χ1n) is 6.06. The average Bonchev–Trinajstić information content (AvgIpc) is 2.55. The number of phenols is 1. The highest BCUT2D eigenvalue weighted by atomic mass is 16.5. The Balaban J connectivity index is 2.61. The molecule has 4 N–H and O–H groups in total. The second kappa shape index (κ2) is 4.76. The maximum Gasteiger partial charge on any atom is 0.237 e. The molecule has 19 heavy (non-hydrogen) atoms. The van der Waals surface area contributed by atoms with E-state index in [-0.39, 0.29) is 17.5 Å². The predicted octanol–water partition coefficient (Wildman–Crippen LogP) is 2.71. The third kappa shape index (κ3) is 2.31. The number of phenolic OH excluding ortho intramolecular Hbond substituents is 1. The molecule has 0 fully saturated rings. The van der Waals surface area contributed by atoms with Gasteiger partial charge in [-0.05, 0) is 30.0 Å². The molecular weight excluding hydrogens is 246 g/mol. The van der Waals surface area contributed by atoms with Crippen LogP contribution < -0.4 is 0 Å². The highest BCUT2D eigenvalue weighted by molar-refractivity contribution is 5.75. The molecule has 0 aliphatic heterocycles. The Labute approximate surface area is 110 Å². The molecule has 1 aromatic heterocycles. The molecule has 0 atom stereocenters. The summed E-state index contributed by atoms with van der Waals surface area (Å²) in [6.45, 7) is 3.96. The molecule has 0 saturated carbocycles. The van der Waals surface area contributed by atoms with Gasteiger partial charge in [-0.2, -0.15) is 0 Å². The Morgan fingerprint density at radius 2 is 1.58 bits per heavy atom. The smallest absolute Gasteiger partial charge is 0.237 e. The third-order valence-electron chi connectivity index (χ3n) is 2.96. The Morgan fingerprint density at radius 1 is 1.00 bits per heavy atom. The number of nitrogens with zero attached hydrogens (tertiary/aromatic N) is 1. The van der Waals surface area contributed by atoms with Gasteiger partial charge in [0.15, 0.2) is 0 Å². The lowest BCUT2D eigenvalue weighted by atomic mass is 9.97. The standard InChI is InChI=1S/C14H17NO4/c1-8(2)7-11-12(14(18)15(19)13(11)17)9-3-5-10(16)6-4-9/h3-6,8,16-19H,7H2,1-2H3. The number of hydrogen-bond donors (Lipinski definition) is 4. The van der Waals surface area contributed by atoms with Crippen molar-refractivity contribution in [3.63, 3.8) is 0 Å². The number of aromatic hydroxyl groups is 3. The van der Waals surface area contributed by atoms with Crippen molar-refractivity contribution in [2.24, 2.45) is 5.92 Å². The summed E-state index contributed by atoms with van der Waals surface area (Å²) in [6, 6.07) is 6.21. The Hall–Kier alpha value is -2.30. The number of benzene rings is 1. The second-order valence-corrected chi connectivity index (χ2v) is 4.96. The van der Waals surface area contributed by atoms with Crippen molar-refractivity contribution in [1.29, 1.82) is 0 Å². The fraction of sp³-hybridized carbons (Fsp3) is 0.286. The van der Waals surface area contributed by atoms with Crippen LogP contribution in [0, 0.1) is 5.92 Å². The molecule has 0 bridgehead atoms. The van der Waals surface area contributed by atoms with E-state index in [1.54, 1.807) is 12.1 Å². The summed E-state index contributed by atoms with van der Waals surface area (Å²) >= 11 is 0. The van der Waals surface area contributed by atoms with E-state index in [9.17, 15) is 20.5 Å². The molecule has 0 unspecified atom stereocenters. The van der Waals surface area contributed by atoms with E-state index >= 15 is 0 Å². The highest BCUT2D eigenvalue weighted by Crippen LogP contribution is 2.41. The molecule has 2 aromatic rings. The molecule has 0 aliphatic rings. The second-order valence-electron chi connectivity index (χ2n) is 4.96. The van der Waals surface area contributed by atoms with E-state index < -0.39 is 5.88 Å². The van der Waals surface area contributed by atoms with E-state index in [2.05, 4.69) is 0 Å². The van der Waals surface area contributed by atoms with Gasteiger partial charge in [-0.1, -0.05) is 26.0 Å². The van der Waals surface area contributed by atoms with Gasteiger partial charge in [0.25, 0.3) is 0 Å². The summed E-state index contributed by atoms with van der Waals surface area (Å²) in [5.74, 6) is -0.391. The number of rotatable bonds is 3. The van der Waals surface area contributed by atoms with Gasteiger partial charge in [-0.25, -0.2) is 0 Å². The van der Waals surface area contributed by atoms with Crippen LogP contribution in [-0.4, -0.2) is 25.3 Å². The molecule has 1 aromatic carbocycles. The summed E-state index contributed by atoms with van der Waals surface area (Å²) < 4.78 is 0.375. The predicted molar refractivity (Wildman–Crippen MR) is 70.6 cm³/mol. The molecule has 5 heteroatoms. The fourth-order valence-corrected chi connectivity index (χ4v) is 2.11. The minimum absolute atomic E-state index is 0.112. The Bertz CT molecular complexity index is 584. The van der Waals surface area contributed by atoms with Gasteiger partial charge in [0, 0.05) is 5.56 Å². The van der Waals surface area contributed by atoms with Crippen molar-refractivity contribution in [3.05, 3.63) is 29.8 Å². The lowest BCUT2D eigenvalue weighted by Crippen LogP contribution is -1.95. The van der Waals surface area contributed by atoms with Crippen molar-refractivity contribution in [3.8, 4) is 28.6 Å². The van der Waals surface area contributed by atoms with Crippen molar-refractivity contribution in [1.82, 2.24) is 4.73 Å². The van der Waals surface area contributed by atoms with E-state index in [4.69, 9.17) is 0 Å². The van der Waals surface area contributed by atoms with Crippen LogP contribution in [0.4, 0.5) is 0 Å². The maximum absolute atomic E-state index is 9.93. The zero-order valence-electron chi connectivity index (χ0n) is 10.8. The quantitative estimate of drug-likeness (QED) is 0.641. The van der Waals surface area contributed by atoms with Gasteiger partial charge in [-0.15, -0.1) is 4.73 Å². The first kappa shape index (κ1) is 13.1. The Kier molecular flexibility index (Phi) is 3.29. The highest BCUT2D eigenvalue weighted by Gasteiger charge is 2.23. The maximum atomic E-state index is 9.93. The van der Waals surface area contributed by atoms with Crippen LogP contribution in [0.25, 0.3) is 11.1 Å². The first-order valence-corrected chi connectivity index (χ1v) is 6.06. The lowest BCUT2D eigenvalue weighted by molar-refractivity contribution is 0.130. The van der Waals surface area contributed by atoms with Crippen LogP contribution in [-0.2, 0) is 6.42 Å². The van der Waals surface area contributed by atoms with Crippen molar-refractivity contribution in [2.45, 2.75) is 20.3 Å². The molecule has 5 nitrogen and oxygen atoms in total. The monoisotopic (exact) mass is 263 g/mol. The Morgan fingerprint density at radius 3 is 2.11 bits per heavy atom. The van der Waals surface area contributed by atoms with Gasteiger partial charge in [-0.3, -0.25) is 0 Å². The lowest BCUT2D eigenvalue weighted by Gasteiger charge is -2.07. The summed E-state index contributed by atoms with van der Waals surface area (Å²) in [7, 11) is 0. The van der Waals surface area contributed by atoms with Crippen molar-refractivity contribution < 1.29 is 20.5 Å². The van der Waals surface area contributed by atoms with Crippen LogP contribution >= 0.6 is 0 Å². The van der Waals surface area contributed by atoms with Gasteiger partial charge >= 0.3 is 0 Å². The third-order valence-corrected chi connectivity index (χ3v) is 2.96. The summed E-state index contributed by atoms with van der Waals surface area (Å²) in [5.41, 5.74) is 1.49. The van der Waals surface area contributed by atoms with Gasteiger partial charge in [0.05, 0.1) is 5.56 Å². The van der Waals surface area contributed by atoms with E-state index in [1.165, 1.54) is 12.1 Å². The van der Waals surface area contributed by atoms with Crippen LogP contribution in [0.1, 0.15) is 19.4 Å². The van der Waals surface area contributed by atoms with E-state index in [0.29, 0.717) is 27.8 Å². The van der Waals surface area contributed by atoms with Crippen molar-refractivity contribution in [2.75, 3.05) is 0 Å². The SMILES string of the molecule is CC(C)Cc1c(-c2ccc(O)cc2)c(O)n(O)c1O. The molecule has 0 saturated heterocycles. The average molecular weight is 263 g/mol. The topological polar surface area (TPSA) is 85.9 Å². The van der Waals surface area contributed by atoms with Gasteiger partial charge in [0.1, 0.15) is 5.75 Å². The molecule has 0 spiro atoms.